The largest absolute Gasteiger partial charge is 0.416 e. The fourth-order valence-corrected chi connectivity index (χ4v) is 4.27. The molecule has 1 aliphatic rings. The van der Waals surface area contributed by atoms with E-state index in [-0.39, 0.29) is 36.0 Å². The van der Waals surface area contributed by atoms with Crippen molar-refractivity contribution >= 4 is 45.1 Å². The van der Waals surface area contributed by atoms with Crippen LogP contribution < -0.4 is 14.5 Å². The molecule has 0 spiro atoms. The second-order valence-electron chi connectivity index (χ2n) is 8.13. The molecular weight excluding hydrogens is 530 g/mol. The zero-order valence-corrected chi connectivity index (χ0v) is 20.9. The van der Waals surface area contributed by atoms with E-state index >= 15 is 0 Å². The van der Waals surface area contributed by atoms with Crippen LogP contribution in [0.4, 0.5) is 33.9 Å². The normalized spacial score (nSPS) is 16.6. The van der Waals surface area contributed by atoms with Crippen molar-refractivity contribution in [3.8, 4) is 0 Å². The van der Waals surface area contributed by atoms with Crippen molar-refractivity contribution in [2.75, 3.05) is 42.7 Å². The number of benzene rings is 1. The molecule has 3 rings (SSSR count). The molecule has 1 atom stereocenters. The molecule has 196 valence electrons. The molecule has 3 amide bonds. The number of likely N-dealkylation sites (N-methyl/N-ethyl adjacent to an activating group) is 1. The Bertz CT molecular complexity index is 1290. The van der Waals surface area contributed by atoms with E-state index in [2.05, 4.69) is 9.71 Å². The molecule has 2 aromatic rings. The number of rotatable bonds is 7. The lowest BCUT2D eigenvalue weighted by atomic mass is 10.1. The van der Waals surface area contributed by atoms with Crippen molar-refractivity contribution in [2.45, 2.75) is 19.1 Å². The van der Waals surface area contributed by atoms with E-state index in [4.69, 9.17) is 11.6 Å². The van der Waals surface area contributed by atoms with E-state index in [1.54, 1.807) is 0 Å². The summed E-state index contributed by atoms with van der Waals surface area (Å²) >= 11 is 5.81. The Kier molecular flexibility index (Phi) is 7.81. The number of pyridine rings is 1. The van der Waals surface area contributed by atoms with Gasteiger partial charge < -0.3 is 9.80 Å². The van der Waals surface area contributed by atoms with E-state index in [0.717, 1.165) is 33.1 Å². The van der Waals surface area contributed by atoms with E-state index in [0.29, 0.717) is 6.07 Å². The summed E-state index contributed by atoms with van der Waals surface area (Å²) < 4.78 is 78.9. The zero-order valence-electron chi connectivity index (χ0n) is 19.3. The van der Waals surface area contributed by atoms with Crippen molar-refractivity contribution in [1.29, 1.82) is 0 Å². The Morgan fingerprint density at radius 2 is 1.94 bits per heavy atom. The summed E-state index contributed by atoms with van der Waals surface area (Å²) in [6, 6.07) is 2.83. The molecular formula is C21H22ClF4N5O4S. The van der Waals surface area contributed by atoms with E-state index in [9.17, 15) is 35.6 Å². The first-order valence-corrected chi connectivity index (χ1v) is 12.7. The van der Waals surface area contributed by atoms with Gasteiger partial charge in [-0.2, -0.15) is 13.2 Å². The Labute approximate surface area is 209 Å². The van der Waals surface area contributed by atoms with Crippen LogP contribution in [0.2, 0.25) is 5.02 Å². The highest BCUT2D eigenvalue weighted by atomic mass is 35.5. The lowest BCUT2D eigenvalue weighted by Gasteiger charge is -2.27. The predicted octanol–water partition coefficient (Wildman–Crippen LogP) is 3.02. The van der Waals surface area contributed by atoms with E-state index in [1.807, 2.05) is 0 Å². The topological polar surface area (TPSA) is 103 Å². The molecule has 0 saturated carbocycles. The molecule has 1 aromatic heterocycles. The molecule has 1 aliphatic heterocycles. The summed E-state index contributed by atoms with van der Waals surface area (Å²) in [5, 5.41) is -0.254. The zero-order chi connectivity index (χ0) is 27.0. The van der Waals surface area contributed by atoms with Crippen LogP contribution >= 0.6 is 11.6 Å². The summed E-state index contributed by atoms with van der Waals surface area (Å²) in [7, 11) is -2.23. The molecule has 0 unspecified atom stereocenters. The highest BCUT2D eigenvalue weighted by molar-refractivity contribution is 7.88. The van der Waals surface area contributed by atoms with E-state index in [1.165, 1.54) is 26.1 Å². The molecule has 0 radical (unpaired) electrons. The molecule has 9 nitrogen and oxygen atoms in total. The first-order valence-electron chi connectivity index (χ1n) is 10.4. The van der Waals surface area contributed by atoms with Gasteiger partial charge in [-0.25, -0.2) is 27.3 Å². The van der Waals surface area contributed by atoms with Gasteiger partial charge in [-0.15, -0.1) is 0 Å². The molecule has 0 bridgehead atoms. The third kappa shape index (κ3) is 6.23. The van der Waals surface area contributed by atoms with Crippen LogP contribution in [-0.2, 0) is 21.0 Å². The predicted molar refractivity (Wildman–Crippen MR) is 125 cm³/mol. The molecule has 2 heterocycles. The van der Waals surface area contributed by atoms with Crippen LogP contribution in [0.3, 0.4) is 0 Å². The van der Waals surface area contributed by atoms with Gasteiger partial charge in [0.15, 0.2) is 0 Å². The summed E-state index contributed by atoms with van der Waals surface area (Å²) in [5.74, 6) is -1.82. The minimum Gasteiger partial charge on any atom is -0.320 e. The third-order valence-corrected chi connectivity index (χ3v) is 6.37. The number of alkyl halides is 3. The molecule has 1 N–H and O–H groups in total. The maximum atomic E-state index is 13.6. The number of carbonyl (C=O) groups excluding carboxylic acids is 2. The van der Waals surface area contributed by atoms with Gasteiger partial charge in [0, 0.05) is 31.5 Å². The van der Waals surface area contributed by atoms with Crippen molar-refractivity contribution in [3.05, 3.63) is 52.4 Å². The monoisotopic (exact) mass is 551 g/mol. The van der Waals surface area contributed by atoms with Gasteiger partial charge in [0.2, 0.25) is 10.0 Å². The number of urea groups is 1. The number of hydrogen-bond donors (Lipinski definition) is 1. The minimum absolute atomic E-state index is 0.0327. The highest BCUT2D eigenvalue weighted by Crippen LogP contribution is 2.34. The third-order valence-electron chi connectivity index (χ3n) is 5.35. The highest BCUT2D eigenvalue weighted by Gasteiger charge is 2.45. The second-order valence-corrected chi connectivity index (χ2v) is 10.4. The molecule has 1 aromatic carbocycles. The molecule has 1 saturated heterocycles. The average molecular weight is 552 g/mol. The summed E-state index contributed by atoms with van der Waals surface area (Å²) in [4.78, 5) is 33.8. The fraction of sp³-hybridized carbons (Fsp3) is 0.381. The van der Waals surface area contributed by atoms with Crippen LogP contribution in [-0.4, -0.2) is 69.2 Å². The van der Waals surface area contributed by atoms with Crippen molar-refractivity contribution < 1.29 is 35.6 Å². The lowest BCUT2D eigenvalue weighted by Crippen LogP contribution is -2.47. The van der Waals surface area contributed by atoms with Crippen LogP contribution in [0.1, 0.15) is 11.3 Å². The van der Waals surface area contributed by atoms with Gasteiger partial charge in [-0.3, -0.25) is 9.69 Å². The van der Waals surface area contributed by atoms with Crippen molar-refractivity contribution in [2.24, 2.45) is 0 Å². The number of sulfonamides is 1. The SMILES string of the molecule is Cc1cc(C(F)(F)F)cc(N2C(=O)N(CCNS(C)(=O)=O)C[C@H]2C(=O)N(C)c2ccc(F)c(Cl)c2)n1. The molecule has 0 aliphatic carbocycles. The van der Waals surface area contributed by atoms with Crippen LogP contribution in [0.25, 0.3) is 0 Å². The Morgan fingerprint density at radius 3 is 2.53 bits per heavy atom. The molecule has 1 fully saturated rings. The standard InChI is InChI=1S/C21H22ClF4N5O4S/c1-12-8-13(21(24,25)26)9-18(28-12)31-17(11-30(20(31)33)7-6-27-36(3,34)35)19(32)29(2)14-4-5-16(23)15(22)10-14/h4-5,8-10,17,27H,6-7,11H2,1-3H3/t17-/m0/s1. The number of aromatic nitrogens is 1. The number of carbonyl (C=O) groups is 2. The van der Waals surface area contributed by atoms with Gasteiger partial charge >= 0.3 is 12.2 Å². The Balaban J connectivity index is 2.00. The van der Waals surface area contributed by atoms with Crippen molar-refractivity contribution in [1.82, 2.24) is 14.6 Å². The minimum atomic E-state index is -4.73. The number of hydrogen-bond acceptors (Lipinski definition) is 5. The number of halogens is 5. The first kappa shape index (κ1) is 27.6. The molecule has 36 heavy (non-hydrogen) atoms. The number of nitrogens with zero attached hydrogens (tertiary/aromatic N) is 4. The van der Waals surface area contributed by atoms with E-state index < -0.39 is 51.4 Å². The number of nitrogens with one attached hydrogen (secondary N) is 1. The quantitative estimate of drug-likeness (QED) is 0.533. The fourth-order valence-electron chi connectivity index (χ4n) is 3.64. The van der Waals surface area contributed by atoms with Gasteiger partial charge in [0.05, 0.1) is 23.4 Å². The van der Waals surface area contributed by atoms with Crippen molar-refractivity contribution in [3.63, 3.8) is 0 Å². The Morgan fingerprint density at radius 1 is 1.28 bits per heavy atom. The maximum Gasteiger partial charge on any atom is 0.416 e. The van der Waals surface area contributed by atoms with Crippen LogP contribution in [0, 0.1) is 12.7 Å². The van der Waals surface area contributed by atoms with Gasteiger partial charge in [-0.1, -0.05) is 11.6 Å². The molecule has 15 heteroatoms. The Hall–Kier alpha value is -2.97. The summed E-state index contributed by atoms with van der Waals surface area (Å²) in [5.41, 5.74) is -0.904. The van der Waals surface area contributed by atoms with Gasteiger partial charge in [0.25, 0.3) is 5.91 Å². The maximum absolute atomic E-state index is 13.6. The average Bonchev–Trinajstić information content (AvgIpc) is 3.09. The van der Waals surface area contributed by atoms with Crippen LogP contribution in [0.5, 0.6) is 0 Å². The summed E-state index contributed by atoms with van der Waals surface area (Å²) in [6.45, 7) is 0.712. The van der Waals surface area contributed by atoms with Gasteiger partial charge in [0.1, 0.15) is 17.7 Å². The number of aryl methyl sites for hydroxylation is 1. The first-order chi connectivity index (χ1) is 16.6. The number of anilines is 2. The summed E-state index contributed by atoms with van der Waals surface area (Å²) in [6.07, 6.45) is -3.80. The van der Waals surface area contributed by atoms with Crippen LogP contribution in [0.15, 0.2) is 30.3 Å². The second kappa shape index (κ2) is 10.2. The lowest BCUT2D eigenvalue weighted by molar-refractivity contribution is -0.137. The van der Waals surface area contributed by atoms with Gasteiger partial charge in [-0.05, 0) is 37.3 Å². The smallest absolute Gasteiger partial charge is 0.320 e. The number of amides is 3.